The maximum atomic E-state index is 12.1. The van der Waals surface area contributed by atoms with Crippen LogP contribution in [-0.4, -0.2) is 28.1 Å². The Labute approximate surface area is 112 Å². The third kappa shape index (κ3) is 3.28. The normalized spacial score (nSPS) is 10.2. The van der Waals surface area contributed by atoms with Gasteiger partial charge in [-0.1, -0.05) is 29.8 Å². The van der Waals surface area contributed by atoms with E-state index in [4.69, 9.17) is 5.73 Å². The van der Waals surface area contributed by atoms with Gasteiger partial charge in [0.2, 0.25) is 0 Å². The molecule has 5 heteroatoms. The average molecular weight is 256 g/mol. The largest absolute Gasteiger partial charge is 0.382 e. The Bertz CT molecular complexity index is 580. The highest BCUT2D eigenvalue weighted by atomic mass is 16.2. The molecule has 0 spiro atoms. The Balaban J connectivity index is 2.09. The molecule has 0 aliphatic carbocycles. The molecule has 0 unspecified atom stereocenters. The van der Waals surface area contributed by atoms with E-state index in [9.17, 15) is 4.79 Å². The van der Waals surface area contributed by atoms with Crippen LogP contribution < -0.4 is 5.73 Å². The fraction of sp³-hybridized carbons (Fsp3) is 0.214. The van der Waals surface area contributed by atoms with Crippen molar-refractivity contribution in [3.8, 4) is 0 Å². The van der Waals surface area contributed by atoms with Crippen LogP contribution in [0.5, 0.6) is 0 Å². The van der Waals surface area contributed by atoms with Gasteiger partial charge in [-0.3, -0.25) is 4.79 Å². The number of anilines is 1. The van der Waals surface area contributed by atoms with Gasteiger partial charge in [0.15, 0.2) is 5.69 Å². The number of carbonyl (C=O) groups excluding carboxylic acids is 1. The maximum absolute atomic E-state index is 12.1. The van der Waals surface area contributed by atoms with Gasteiger partial charge in [0.1, 0.15) is 5.82 Å². The van der Waals surface area contributed by atoms with Crippen molar-refractivity contribution in [1.82, 2.24) is 15.1 Å². The Hall–Kier alpha value is -2.43. The van der Waals surface area contributed by atoms with E-state index in [1.807, 2.05) is 25.1 Å². The van der Waals surface area contributed by atoms with Gasteiger partial charge in [-0.05, 0) is 24.6 Å². The molecule has 0 saturated carbocycles. The molecule has 2 aromatic rings. The van der Waals surface area contributed by atoms with E-state index in [0.717, 1.165) is 5.56 Å². The molecule has 0 atom stereocenters. The molecule has 1 aromatic carbocycles. The van der Waals surface area contributed by atoms with Gasteiger partial charge in [-0.15, -0.1) is 10.2 Å². The van der Waals surface area contributed by atoms with Crippen LogP contribution in [0, 0.1) is 6.92 Å². The molecule has 2 rings (SSSR count). The number of carbonyl (C=O) groups is 1. The van der Waals surface area contributed by atoms with Crippen LogP contribution in [-0.2, 0) is 6.54 Å². The van der Waals surface area contributed by atoms with E-state index in [-0.39, 0.29) is 5.91 Å². The quantitative estimate of drug-likeness (QED) is 0.906. The van der Waals surface area contributed by atoms with E-state index in [1.54, 1.807) is 24.1 Å². The lowest BCUT2D eigenvalue weighted by Gasteiger charge is -2.16. The number of benzene rings is 1. The predicted molar refractivity (Wildman–Crippen MR) is 73.4 cm³/mol. The monoisotopic (exact) mass is 256 g/mol. The van der Waals surface area contributed by atoms with E-state index >= 15 is 0 Å². The summed E-state index contributed by atoms with van der Waals surface area (Å²) in [6.45, 7) is 2.56. The Morgan fingerprint density at radius 1 is 1.26 bits per heavy atom. The lowest BCUT2D eigenvalue weighted by atomic mass is 10.1. The topological polar surface area (TPSA) is 72.1 Å². The third-order valence-corrected chi connectivity index (χ3v) is 2.75. The molecule has 1 heterocycles. The van der Waals surface area contributed by atoms with Crippen molar-refractivity contribution in [1.29, 1.82) is 0 Å². The van der Waals surface area contributed by atoms with Gasteiger partial charge >= 0.3 is 0 Å². The maximum Gasteiger partial charge on any atom is 0.274 e. The highest BCUT2D eigenvalue weighted by Crippen LogP contribution is 2.09. The zero-order valence-corrected chi connectivity index (χ0v) is 11.0. The molecule has 5 nitrogen and oxygen atoms in total. The van der Waals surface area contributed by atoms with Crippen molar-refractivity contribution in [3.05, 3.63) is 53.2 Å². The minimum Gasteiger partial charge on any atom is -0.382 e. The number of nitrogens with two attached hydrogens (primary N) is 1. The van der Waals surface area contributed by atoms with Crippen LogP contribution in [0.1, 0.15) is 21.6 Å². The van der Waals surface area contributed by atoms with Crippen LogP contribution in [0.25, 0.3) is 0 Å². The number of aryl methyl sites for hydroxylation is 1. The van der Waals surface area contributed by atoms with E-state index in [1.165, 1.54) is 5.56 Å². The van der Waals surface area contributed by atoms with Crippen molar-refractivity contribution in [2.24, 2.45) is 0 Å². The first-order valence-corrected chi connectivity index (χ1v) is 5.96. The summed E-state index contributed by atoms with van der Waals surface area (Å²) in [5.74, 6) is 0.131. The summed E-state index contributed by atoms with van der Waals surface area (Å²) in [6, 6.07) is 11.2. The number of rotatable bonds is 3. The molecule has 0 bridgehead atoms. The fourth-order valence-corrected chi connectivity index (χ4v) is 1.81. The molecule has 2 N–H and O–H groups in total. The molecule has 0 aliphatic heterocycles. The number of hydrogen-bond donors (Lipinski definition) is 1. The molecule has 0 saturated heterocycles. The molecule has 19 heavy (non-hydrogen) atoms. The van der Waals surface area contributed by atoms with Crippen LogP contribution in [0.2, 0.25) is 0 Å². The second-order valence-electron chi connectivity index (χ2n) is 4.49. The van der Waals surface area contributed by atoms with E-state index in [0.29, 0.717) is 18.1 Å². The molecular formula is C14H16N4O. The summed E-state index contributed by atoms with van der Waals surface area (Å²) in [4.78, 5) is 13.7. The van der Waals surface area contributed by atoms with Crippen molar-refractivity contribution in [3.63, 3.8) is 0 Å². The first-order chi connectivity index (χ1) is 9.06. The third-order valence-electron chi connectivity index (χ3n) is 2.75. The van der Waals surface area contributed by atoms with Crippen LogP contribution in [0.15, 0.2) is 36.4 Å². The smallest absolute Gasteiger partial charge is 0.274 e. The number of aromatic nitrogens is 2. The Morgan fingerprint density at radius 2 is 2.05 bits per heavy atom. The molecule has 0 fully saturated rings. The standard InChI is InChI=1S/C14H16N4O/c1-10-4-3-5-11(8-10)9-18(2)14(19)12-6-7-13(15)17-16-12/h3-8H,9H2,1-2H3,(H2,15,17). The lowest BCUT2D eigenvalue weighted by molar-refractivity contribution is 0.0778. The molecule has 1 aromatic heterocycles. The van der Waals surface area contributed by atoms with Crippen LogP contribution in [0.4, 0.5) is 5.82 Å². The van der Waals surface area contributed by atoms with Gasteiger partial charge in [-0.25, -0.2) is 0 Å². The average Bonchev–Trinajstić information content (AvgIpc) is 2.39. The number of hydrogen-bond acceptors (Lipinski definition) is 4. The Kier molecular flexibility index (Phi) is 3.75. The Morgan fingerprint density at radius 3 is 2.68 bits per heavy atom. The number of nitrogens with zero attached hydrogens (tertiary/aromatic N) is 3. The van der Waals surface area contributed by atoms with E-state index in [2.05, 4.69) is 16.3 Å². The highest BCUT2D eigenvalue weighted by Gasteiger charge is 2.13. The summed E-state index contributed by atoms with van der Waals surface area (Å²) in [5, 5.41) is 7.48. The van der Waals surface area contributed by atoms with Gasteiger partial charge < -0.3 is 10.6 Å². The zero-order chi connectivity index (χ0) is 13.8. The first-order valence-electron chi connectivity index (χ1n) is 5.96. The molecule has 1 amide bonds. The molecule has 0 aliphatic rings. The minimum atomic E-state index is -0.172. The summed E-state index contributed by atoms with van der Waals surface area (Å²) in [6.07, 6.45) is 0. The predicted octanol–water partition coefficient (Wildman–Crippen LogP) is 1.64. The SMILES string of the molecule is Cc1cccc(CN(C)C(=O)c2ccc(N)nn2)c1. The van der Waals surface area contributed by atoms with E-state index < -0.39 is 0 Å². The molecule has 98 valence electrons. The molecular weight excluding hydrogens is 240 g/mol. The van der Waals surface area contributed by atoms with Crippen molar-refractivity contribution < 1.29 is 4.79 Å². The van der Waals surface area contributed by atoms with Crippen molar-refractivity contribution in [2.75, 3.05) is 12.8 Å². The second-order valence-corrected chi connectivity index (χ2v) is 4.49. The molecule has 0 radical (unpaired) electrons. The highest BCUT2D eigenvalue weighted by molar-refractivity contribution is 5.92. The van der Waals surface area contributed by atoms with Gasteiger partial charge in [0, 0.05) is 13.6 Å². The number of amides is 1. The van der Waals surface area contributed by atoms with Gasteiger partial charge in [0.05, 0.1) is 0 Å². The second kappa shape index (κ2) is 5.48. The fourth-order valence-electron chi connectivity index (χ4n) is 1.81. The van der Waals surface area contributed by atoms with Crippen LogP contribution >= 0.6 is 0 Å². The van der Waals surface area contributed by atoms with Gasteiger partial charge in [0.25, 0.3) is 5.91 Å². The van der Waals surface area contributed by atoms with Crippen molar-refractivity contribution >= 4 is 11.7 Å². The zero-order valence-electron chi connectivity index (χ0n) is 11.0. The summed E-state index contributed by atoms with van der Waals surface area (Å²) in [5.41, 5.74) is 7.99. The van der Waals surface area contributed by atoms with Gasteiger partial charge in [-0.2, -0.15) is 0 Å². The van der Waals surface area contributed by atoms with Crippen LogP contribution in [0.3, 0.4) is 0 Å². The first kappa shape index (κ1) is 13.0. The minimum absolute atomic E-state index is 0.172. The lowest BCUT2D eigenvalue weighted by Crippen LogP contribution is -2.27. The van der Waals surface area contributed by atoms with Crippen molar-refractivity contribution in [2.45, 2.75) is 13.5 Å². The summed E-state index contributed by atoms with van der Waals surface area (Å²) < 4.78 is 0. The number of nitrogen functional groups attached to an aromatic ring is 1. The summed E-state index contributed by atoms with van der Waals surface area (Å²) in [7, 11) is 1.74. The summed E-state index contributed by atoms with van der Waals surface area (Å²) >= 11 is 0.